The highest BCUT2D eigenvalue weighted by Gasteiger charge is 2.17. The first-order chi connectivity index (χ1) is 5.84. The number of halogens is 1. The molecule has 0 unspecified atom stereocenters. The quantitative estimate of drug-likeness (QED) is 0.802. The molecule has 0 bridgehead atoms. The van der Waals surface area contributed by atoms with Crippen molar-refractivity contribution in [2.75, 3.05) is 0 Å². The molecule has 0 amide bonds. The molecule has 1 heterocycles. The van der Waals surface area contributed by atoms with Crippen LogP contribution in [0, 0.1) is 5.92 Å². The lowest BCUT2D eigenvalue weighted by molar-refractivity contribution is 0.542. The van der Waals surface area contributed by atoms with Crippen LogP contribution in [0.4, 0.5) is 0 Å². The fourth-order valence-electron chi connectivity index (χ4n) is 1.78. The Morgan fingerprint density at radius 3 is 2.67 bits per heavy atom. The summed E-state index contributed by atoms with van der Waals surface area (Å²) in [5, 5.41) is 9.23. The molecule has 0 aliphatic heterocycles. The maximum absolute atomic E-state index is 4.10. The summed E-state index contributed by atoms with van der Waals surface area (Å²) < 4.78 is 0.912. The van der Waals surface area contributed by atoms with Crippen molar-refractivity contribution in [2.45, 2.75) is 32.1 Å². The van der Waals surface area contributed by atoms with Crippen molar-refractivity contribution >= 4 is 27.3 Å². The summed E-state index contributed by atoms with van der Waals surface area (Å²) in [6, 6.07) is 0. The van der Waals surface area contributed by atoms with Crippen molar-refractivity contribution in [3.63, 3.8) is 0 Å². The third-order valence-corrected chi connectivity index (χ3v) is 3.76. The van der Waals surface area contributed by atoms with Gasteiger partial charge in [-0.05, 0) is 21.8 Å². The molecule has 0 spiro atoms. The lowest BCUT2D eigenvalue weighted by Crippen LogP contribution is -1.97. The minimum atomic E-state index is 0.879. The largest absolute Gasteiger partial charge is 0.183 e. The molecule has 1 fully saturated rings. The Balaban J connectivity index is 1.94. The van der Waals surface area contributed by atoms with E-state index in [9.17, 15) is 0 Å². The van der Waals surface area contributed by atoms with Crippen molar-refractivity contribution in [1.29, 1.82) is 0 Å². The Kier molecular flexibility index (Phi) is 2.76. The summed E-state index contributed by atoms with van der Waals surface area (Å²) in [6.45, 7) is 0. The molecule has 0 radical (unpaired) electrons. The minimum absolute atomic E-state index is 0.879. The summed E-state index contributed by atoms with van der Waals surface area (Å²) in [5.41, 5.74) is 0. The predicted molar refractivity (Wildman–Crippen MR) is 53.3 cm³/mol. The zero-order valence-corrected chi connectivity index (χ0v) is 9.20. The van der Waals surface area contributed by atoms with Gasteiger partial charge in [-0.15, -0.1) is 10.2 Å². The maximum Gasteiger partial charge on any atom is 0.183 e. The maximum atomic E-state index is 4.10. The number of rotatable bonds is 2. The van der Waals surface area contributed by atoms with Crippen molar-refractivity contribution in [1.82, 2.24) is 10.2 Å². The van der Waals surface area contributed by atoms with E-state index < -0.39 is 0 Å². The van der Waals surface area contributed by atoms with Gasteiger partial charge in [0.1, 0.15) is 5.01 Å². The molecule has 1 aromatic rings. The van der Waals surface area contributed by atoms with Crippen LogP contribution in [0.25, 0.3) is 0 Å². The fourth-order valence-corrected chi connectivity index (χ4v) is 3.09. The average Bonchev–Trinajstić information content (AvgIpc) is 2.63. The van der Waals surface area contributed by atoms with Crippen LogP contribution in [-0.2, 0) is 6.42 Å². The first kappa shape index (κ1) is 8.63. The molecular weight excluding hydrogens is 236 g/mol. The average molecular weight is 247 g/mol. The Bertz CT molecular complexity index is 255. The Morgan fingerprint density at radius 1 is 1.33 bits per heavy atom. The standard InChI is InChI=1S/C8H11BrN2S/c9-8-11-10-7(12-8)5-6-3-1-2-4-6/h6H,1-5H2. The van der Waals surface area contributed by atoms with Crippen LogP contribution in [0.3, 0.4) is 0 Å². The van der Waals surface area contributed by atoms with Crippen LogP contribution in [0.2, 0.25) is 0 Å². The second kappa shape index (κ2) is 3.83. The molecule has 0 aromatic carbocycles. The highest BCUT2D eigenvalue weighted by molar-refractivity contribution is 9.11. The molecule has 0 saturated heterocycles. The van der Waals surface area contributed by atoms with Gasteiger partial charge >= 0.3 is 0 Å². The van der Waals surface area contributed by atoms with Gasteiger partial charge in [-0.1, -0.05) is 37.0 Å². The van der Waals surface area contributed by atoms with E-state index in [1.807, 2.05) is 0 Å². The van der Waals surface area contributed by atoms with Gasteiger partial charge in [0.05, 0.1) is 0 Å². The van der Waals surface area contributed by atoms with Gasteiger partial charge in [-0.25, -0.2) is 0 Å². The molecule has 1 saturated carbocycles. The molecule has 4 heteroatoms. The zero-order chi connectivity index (χ0) is 8.39. The van der Waals surface area contributed by atoms with Crippen molar-refractivity contribution < 1.29 is 0 Å². The molecular formula is C8H11BrN2S. The fraction of sp³-hybridized carbons (Fsp3) is 0.750. The van der Waals surface area contributed by atoms with Crippen LogP contribution in [0.15, 0.2) is 3.92 Å². The molecule has 1 aromatic heterocycles. The topological polar surface area (TPSA) is 25.8 Å². The Morgan fingerprint density at radius 2 is 2.08 bits per heavy atom. The molecule has 2 nitrogen and oxygen atoms in total. The van der Waals surface area contributed by atoms with Gasteiger partial charge in [0.15, 0.2) is 3.92 Å². The van der Waals surface area contributed by atoms with Crippen LogP contribution >= 0.6 is 27.3 Å². The lowest BCUT2D eigenvalue weighted by Gasteiger charge is -2.03. The van der Waals surface area contributed by atoms with Gasteiger partial charge in [-0.2, -0.15) is 0 Å². The molecule has 2 rings (SSSR count). The number of hydrogen-bond acceptors (Lipinski definition) is 3. The molecule has 0 N–H and O–H groups in total. The third kappa shape index (κ3) is 2.04. The summed E-state index contributed by atoms with van der Waals surface area (Å²) >= 11 is 5.00. The van der Waals surface area contributed by atoms with E-state index in [1.165, 1.54) is 30.7 Å². The predicted octanol–water partition coefficient (Wildman–Crippen LogP) is 3.03. The Labute approximate surface area is 84.5 Å². The lowest BCUT2D eigenvalue weighted by atomic mass is 10.1. The third-order valence-electron chi connectivity index (χ3n) is 2.38. The SMILES string of the molecule is Brc1nnc(CC2CCCC2)s1. The molecule has 12 heavy (non-hydrogen) atoms. The van der Waals surface area contributed by atoms with Gasteiger partial charge in [0.2, 0.25) is 0 Å². The first-order valence-corrected chi connectivity index (χ1v) is 5.93. The van der Waals surface area contributed by atoms with Crippen molar-refractivity contribution in [3.8, 4) is 0 Å². The van der Waals surface area contributed by atoms with E-state index in [0.717, 1.165) is 16.3 Å². The van der Waals surface area contributed by atoms with E-state index in [1.54, 1.807) is 11.3 Å². The second-order valence-electron chi connectivity index (χ2n) is 3.30. The normalized spacial score (nSPS) is 18.8. The van der Waals surface area contributed by atoms with E-state index in [0.29, 0.717) is 0 Å². The summed E-state index contributed by atoms with van der Waals surface area (Å²) in [6.07, 6.45) is 6.73. The summed E-state index contributed by atoms with van der Waals surface area (Å²) in [7, 11) is 0. The van der Waals surface area contributed by atoms with Gasteiger partial charge in [-0.3, -0.25) is 0 Å². The van der Waals surface area contributed by atoms with Crippen molar-refractivity contribution in [3.05, 3.63) is 8.92 Å². The van der Waals surface area contributed by atoms with Gasteiger partial charge in [0, 0.05) is 6.42 Å². The first-order valence-electron chi connectivity index (χ1n) is 4.32. The van der Waals surface area contributed by atoms with E-state index in [4.69, 9.17) is 0 Å². The minimum Gasteiger partial charge on any atom is -0.143 e. The number of aromatic nitrogens is 2. The second-order valence-corrected chi connectivity index (χ2v) is 5.64. The van der Waals surface area contributed by atoms with Crippen LogP contribution in [-0.4, -0.2) is 10.2 Å². The highest BCUT2D eigenvalue weighted by atomic mass is 79.9. The smallest absolute Gasteiger partial charge is 0.143 e. The number of nitrogens with zero attached hydrogens (tertiary/aromatic N) is 2. The summed E-state index contributed by atoms with van der Waals surface area (Å²) in [4.78, 5) is 0. The van der Waals surface area contributed by atoms with E-state index in [-0.39, 0.29) is 0 Å². The van der Waals surface area contributed by atoms with E-state index in [2.05, 4.69) is 26.1 Å². The van der Waals surface area contributed by atoms with Crippen LogP contribution in [0.5, 0.6) is 0 Å². The highest BCUT2D eigenvalue weighted by Crippen LogP contribution is 2.29. The Hall–Kier alpha value is 0.0400. The zero-order valence-electron chi connectivity index (χ0n) is 6.79. The van der Waals surface area contributed by atoms with Crippen LogP contribution in [0.1, 0.15) is 30.7 Å². The number of hydrogen-bond donors (Lipinski definition) is 0. The summed E-state index contributed by atoms with van der Waals surface area (Å²) in [5.74, 6) is 0.879. The van der Waals surface area contributed by atoms with Crippen LogP contribution < -0.4 is 0 Å². The molecule has 1 aliphatic rings. The van der Waals surface area contributed by atoms with Crippen molar-refractivity contribution in [2.24, 2.45) is 5.92 Å². The monoisotopic (exact) mass is 246 g/mol. The molecule has 1 aliphatic carbocycles. The van der Waals surface area contributed by atoms with Gasteiger partial charge in [0.25, 0.3) is 0 Å². The van der Waals surface area contributed by atoms with Gasteiger partial charge < -0.3 is 0 Å². The molecule has 0 atom stereocenters. The molecule has 66 valence electrons. The van der Waals surface area contributed by atoms with E-state index >= 15 is 0 Å².